The lowest BCUT2D eigenvalue weighted by Gasteiger charge is -2.31. The van der Waals surface area contributed by atoms with Gasteiger partial charge in [0.15, 0.2) is 0 Å². The highest BCUT2D eigenvalue weighted by molar-refractivity contribution is 6.01. The first kappa shape index (κ1) is 96.3. The van der Waals surface area contributed by atoms with E-state index in [0.717, 1.165) is 11.8 Å². The fourth-order valence-electron chi connectivity index (χ4n) is 10.7. The lowest BCUT2D eigenvalue weighted by Crippen LogP contribution is -2.63. The summed E-state index contributed by atoms with van der Waals surface area (Å²) in [6, 6.07) is -21.7. The molecule has 0 saturated carbocycles. The number of unbranched alkanes of at least 4 members (excludes halogenated alkanes) is 1. The van der Waals surface area contributed by atoms with Crippen LogP contribution in [0.1, 0.15) is 146 Å². The summed E-state index contributed by atoms with van der Waals surface area (Å²) in [7, 11) is 0. The van der Waals surface area contributed by atoms with E-state index in [1.807, 2.05) is 5.32 Å². The van der Waals surface area contributed by atoms with Crippen LogP contribution in [0.25, 0.3) is 0 Å². The van der Waals surface area contributed by atoms with E-state index < -0.39 is 279 Å². The molecule has 109 heavy (non-hydrogen) atoms. The molecule has 614 valence electrons. The van der Waals surface area contributed by atoms with Gasteiger partial charge in [-0.25, -0.2) is 4.79 Å². The van der Waals surface area contributed by atoms with Crippen LogP contribution in [0.4, 0.5) is 0 Å². The summed E-state index contributed by atoms with van der Waals surface area (Å²) in [6.07, 6.45) is -5.88. The average Bonchev–Trinajstić information content (AvgIpc) is 1.73. The molecule has 1 aliphatic rings. The second kappa shape index (κ2) is 47.8. The third kappa shape index (κ3) is 34.8. The van der Waals surface area contributed by atoms with Crippen LogP contribution in [0, 0.1) is 23.7 Å². The van der Waals surface area contributed by atoms with Gasteiger partial charge in [0.2, 0.25) is 94.5 Å². The van der Waals surface area contributed by atoms with E-state index in [4.69, 9.17) is 33.1 Å². The van der Waals surface area contributed by atoms with Crippen molar-refractivity contribution < 1.29 is 127 Å². The molecule has 0 aromatic heterocycles. The molecule has 1 saturated heterocycles. The number of likely N-dealkylation sites (tertiary alicyclic amines) is 1. The Labute approximate surface area is 626 Å². The lowest BCUT2D eigenvalue weighted by atomic mass is 9.96. The Hall–Kier alpha value is -10.8. The van der Waals surface area contributed by atoms with E-state index in [1.165, 1.54) is 34.6 Å². The van der Waals surface area contributed by atoms with E-state index in [-0.39, 0.29) is 57.5 Å². The van der Waals surface area contributed by atoms with Gasteiger partial charge in [-0.15, -0.1) is 0 Å². The molecule has 1 fully saturated rings. The summed E-state index contributed by atoms with van der Waals surface area (Å²) >= 11 is 0. The number of hydrogen-bond donors (Lipinski definition) is 23. The molecular weight excluding hydrogens is 1450 g/mol. The highest BCUT2D eigenvalue weighted by Crippen LogP contribution is 2.22. The molecule has 1 aliphatic heterocycles. The first-order valence-electron chi connectivity index (χ1n) is 35.2. The van der Waals surface area contributed by atoms with E-state index in [1.54, 1.807) is 20.8 Å². The maximum Gasteiger partial charge on any atom is 0.326 e. The van der Waals surface area contributed by atoms with Crippen molar-refractivity contribution in [1.29, 1.82) is 0 Å². The summed E-state index contributed by atoms with van der Waals surface area (Å²) in [5.41, 5.74) is 22.0. The Bertz CT molecular complexity index is 3260. The number of carbonyl (C=O) groups is 20. The molecule has 0 aliphatic carbocycles. The molecule has 0 aromatic rings. The molecule has 27 N–H and O–H groups in total. The number of carboxylic acid groups (broad SMARTS) is 4. The molecule has 16 amide bonds. The Morgan fingerprint density at radius 1 is 0.459 bits per heavy atom. The van der Waals surface area contributed by atoms with Crippen LogP contribution in [-0.4, -0.2) is 271 Å². The van der Waals surface area contributed by atoms with E-state index in [2.05, 4.69) is 63.8 Å². The van der Waals surface area contributed by atoms with Gasteiger partial charge in [0.05, 0.1) is 57.5 Å². The van der Waals surface area contributed by atoms with Gasteiger partial charge < -0.3 is 128 Å². The summed E-state index contributed by atoms with van der Waals surface area (Å²) in [6.45, 7) is 10.7. The number of aliphatic carboxylic acids is 4. The standard InChI is InChI=1S/C65H108N18O26/c1-10-31(8)51(62(105)76-37(22-43(69)87)54(97)71-26-45(89)79-50(30(6)7)64(107)83-19-13-15-41(83)60(103)75-38(23-47(92)93)58(101)77-39(65(108)109)24-48(94)95)81-63(106)52(32(9)85)82-61(104)49(29(4)5)80-59(102)40(27-84)78-55(98)34(14-11-12-18-66)73-57(100)36(20-28(2)3)74-56(99)35(16-17-42(68)86)72-44(88)25-70-53(96)33(67)21-46(90)91/h28-41,49-52,84-85H,10-27,66-67H2,1-9H3,(H2,68,86)(H2,69,87)(H,70,96)(H,71,97)(H,72,88)(H,73,100)(H,74,99)(H,75,103)(H,76,105)(H,77,101)(H,78,98)(H,79,89)(H,80,102)(H,81,106)(H,82,104)(H,90,91)(H,92,93)(H,94,95)(H,108,109)/t31-,32+,33-,34-,35-,36-,37-,38-,39-,40-,41-,49-,50-,51-,52-/m0/s1. The van der Waals surface area contributed by atoms with Crippen LogP contribution < -0.4 is 92.1 Å². The zero-order valence-electron chi connectivity index (χ0n) is 62.2. The molecular formula is C65H108N18O26. The topological polar surface area (TPSA) is 726 Å². The molecule has 0 spiro atoms. The van der Waals surface area contributed by atoms with Crippen LogP contribution in [-0.2, 0) is 95.9 Å². The monoisotopic (exact) mass is 1560 g/mol. The number of aliphatic hydroxyl groups is 2. The van der Waals surface area contributed by atoms with Crippen LogP contribution in [0.15, 0.2) is 0 Å². The minimum Gasteiger partial charge on any atom is -0.481 e. The highest BCUT2D eigenvalue weighted by atomic mass is 16.4. The summed E-state index contributed by atoms with van der Waals surface area (Å²) in [4.78, 5) is 262. The summed E-state index contributed by atoms with van der Waals surface area (Å²) < 4.78 is 0. The third-order valence-corrected chi connectivity index (χ3v) is 16.9. The minimum atomic E-state index is -2.01. The average molecular weight is 1560 g/mol. The Morgan fingerprint density at radius 2 is 0.908 bits per heavy atom. The van der Waals surface area contributed by atoms with Crippen molar-refractivity contribution in [3.63, 3.8) is 0 Å². The number of nitrogens with one attached hydrogen (secondary N) is 13. The maximum absolute atomic E-state index is 14.1. The zero-order chi connectivity index (χ0) is 83.4. The van der Waals surface area contributed by atoms with Gasteiger partial charge in [0.25, 0.3) is 0 Å². The van der Waals surface area contributed by atoms with Crippen molar-refractivity contribution >= 4 is 118 Å². The Kier molecular flexibility index (Phi) is 42.2. The van der Waals surface area contributed by atoms with Crippen LogP contribution in [0.5, 0.6) is 0 Å². The van der Waals surface area contributed by atoms with Crippen LogP contribution in [0.3, 0.4) is 0 Å². The smallest absolute Gasteiger partial charge is 0.326 e. The minimum absolute atomic E-state index is 0.0345. The SMILES string of the molecule is CC[C@H](C)[C@H](NC(=O)[C@@H](NC(=O)[C@@H](NC(=O)[C@H](CO)NC(=O)[C@H](CCCCN)NC(=O)[C@H](CC(C)C)NC(=O)[C@H](CCC(N)=O)NC(=O)CNC(=O)[C@@H](N)CC(=O)O)C(C)C)[C@@H](C)O)C(=O)N[C@@H](CC(N)=O)C(=O)NCC(=O)N[C@H](C(=O)N1CCC[C@H]1C(=O)N[C@@H](CC(=O)O)C(=O)N[C@@H](CC(=O)O)C(=O)O)C(C)C. The van der Waals surface area contributed by atoms with Gasteiger partial charge in [-0.3, -0.25) is 91.1 Å². The van der Waals surface area contributed by atoms with Gasteiger partial charge in [0.1, 0.15) is 72.5 Å². The number of amides is 16. The van der Waals surface area contributed by atoms with Gasteiger partial charge in [0, 0.05) is 13.0 Å². The number of hydrogen-bond acceptors (Lipinski definition) is 24. The highest BCUT2D eigenvalue weighted by Gasteiger charge is 2.43. The van der Waals surface area contributed by atoms with E-state index >= 15 is 0 Å². The Balaban J connectivity index is 3.37. The molecule has 1 rings (SSSR count). The van der Waals surface area contributed by atoms with Crippen molar-refractivity contribution in [1.82, 2.24) is 74.0 Å². The number of aliphatic hydroxyl groups excluding tert-OH is 2. The van der Waals surface area contributed by atoms with Gasteiger partial charge in [-0.2, -0.15) is 0 Å². The molecule has 15 atom stereocenters. The van der Waals surface area contributed by atoms with E-state index in [9.17, 15) is 116 Å². The molecule has 44 heteroatoms. The predicted octanol–water partition coefficient (Wildman–Crippen LogP) is -9.57. The normalized spacial score (nSPS) is 16.4. The zero-order valence-corrected chi connectivity index (χ0v) is 62.2. The number of rotatable bonds is 51. The predicted molar refractivity (Wildman–Crippen MR) is 377 cm³/mol. The van der Waals surface area contributed by atoms with Gasteiger partial charge in [-0.1, -0.05) is 61.8 Å². The number of nitrogens with two attached hydrogens (primary N) is 4. The number of carbonyl (C=O) groups excluding carboxylic acids is 16. The van der Waals surface area contributed by atoms with Crippen LogP contribution >= 0.6 is 0 Å². The maximum atomic E-state index is 14.1. The number of primary amides is 2. The fraction of sp³-hybridized carbons (Fsp3) is 0.692. The first-order chi connectivity index (χ1) is 50.8. The largest absolute Gasteiger partial charge is 0.481 e. The van der Waals surface area contributed by atoms with Crippen molar-refractivity contribution in [3.8, 4) is 0 Å². The van der Waals surface area contributed by atoms with Gasteiger partial charge >= 0.3 is 23.9 Å². The molecule has 1 heterocycles. The quantitative estimate of drug-likeness (QED) is 0.0252. The molecule has 44 nitrogen and oxygen atoms in total. The number of carboxylic acids is 4. The van der Waals surface area contributed by atoms with Crippen molar-refractivity contribution in [2.75, 3.05) is 32.8 Å². The summed E-state index contributed by atoms with van der Waals surface area (Å²) in [5, 5.41) is 88.2. The van der Waals surface area contributed by atoms with Gasteiger partial charge in [-0.05, 0) is 82.1 Å². The van der Waals surface area contributed by atoms with Crippen molar-refractivity contribution in [2.24, 2.45) is 46.6 Å². The van der Waals surface area contributed by atoms with Crippen molar-refractivity contribution in [3.05, 3.63) is 0 Å². The first-order valence-corrected chi connectivity index (χ1v) is 35.2. The fourth-order valence-corrected chi connectivity index (χ4v) is 10.7. The lowest BCUT2D eigenvalue weighted by molar-refractivity contribution is -0.148. The molecule has 0 radical (unpaired) electrons. The Morgan fingerprint density at radius 3 is 1.41 bits per heavy atom. The number of nitrogens with zero attached hydrogens (tertiary/aromatic N) is 1. The second-order valence-electron chi connectivity index (χ2n) is 27.2. The second-order valence-corrected chi connectivity index (χ2v) is 27.2. The molecule has 0 unspecified atom stereocenters. The summed E-state index contributed by atoms with van der Waals surface area (Å²) in [5.74, 6) is -26.3. The third-order valence-electron chi connectivity index (χ3n) is 16.9. The molecule has 0 bridgehead atoms. The van der Waals surface area contributed by atoms with Crippen LogP contribution in [0.2, 0.25) is 0 Å². The molecule has 0 aromatic carbocycles. The van der Waals surface area contributed by atoms with E-state index in [0.29, 0.717) is 6.42 Å². The van der Waals surface area contributed by atoms with Crippen molar-refractivity contribution in [2.45, 2.75) is 230 Å².